The van der Waals surface area contributed by atoms with Crippen molar-refractivity contribution in [2.24, 2.45) is 4.99 Å². The lowest BCUT2D eigenvalue weighted by Crippen LogP contribution is -2.16. The van der Waals surface area contributed by atoms with Gasteiger partial charge in [-0.05, 0) is 36.4 Å². The SMILES string of the molecule is C=CCn1c(=NC(=O)c2cc(Cl)ccc2OC)sc2cc(S(C)(=O)=O)ccc21. The molecule has 0 bridgehead atoms. The minimum Gasteiger partial charge on any atom is -0.496 e. The summed E-state index contributed by atoms with van der Waals surface area (Å²) in [4.78, 5) is 17.6. The number of ether oxygens (including phenoxy) is 1. The third-order valence-corrected chi connectivity index (χ3v) is 6.37. The first-order valence-electron chi connectivity index (χ1n) is 8.11. The second-order valence-electron chi connectivity index (χ2n) is 5.95. The average molecular weight is 437 g/mol. The maximum Gasteiger partial charge on any atom is 0.283 e. The number of benzene rings is 2. The number of fused-ring (bicyclic) bond motifs is 1. The normalized spacial score (nSPS) is 12.3. The van der Waals surface area contributed by atoms with Gasteiger partial charge in [-0.1, -0.05) is 29.0 Å². The Kier molecular flexibility index (Phi) is 5.74. The van der Waals surface area contributed by atoms with E-state index in [1.54, 1.807) is 34.9 Å². The van der Waals surface area contributed by atoms with Gasteiger partial charge in [0.15, 0.2) is 14.6 Å². The predicted molar refractivity (Wildman–Crippen MR) is 111 cm³/mol. The molecule has 1 heterocycles. The number of nitrogens with zero attached hydrogens (tertiary/aromatic N) is 2. The summed E-state index contributed by atoms with van der Waals surface area (Å²) in [6, 6.07) is 9.55. The van der Waals surface area contributed by atoms with Gasteiger partial charge in [-0.2, -0.15) is 4.99 Å². The lowest BCUT2D eigenvalue weighted by molar-refractivity contribution is 0.0995. The molecule has 3 rings (SSSR count). The molecule has 0 aliphatic carbocycles. The lowest BCUT2D eigenvalue weighted by Gasteiger charge is -2.05. The van der Waals surface area contributed by atoms with E-state index < -0.39 is 15.7 Å². The minimum atomic E-state index is -3.34. The number of methoxy groups -OCH3 is 1. The Morgan fingerprint density at radius 3 is 2.71 bits per heavy atom. The molecule has 6 nitrogen and oxygen atoms in total. The molecule has 0 spiro atoms. The van der Waals surface area contributed by atoms with Crippen molar-refractivity contribution in [3.63, 3.8) is 0 Å². The van der Waals surface area contributed by atoms with E-state index >= 15 is 0 Å². The summed E-state index contributed by atoms with van der Waals surface area (Å²) in [7, 11) is -1.88. The number of carbonyl (C=O) groups is 1. The van der Waals surface area contributed by atoms with E-state index in [1.165, 1.54) is 30.6 Å². The minimum absolute atomic E-state index is 0.210. The summed E-state index contributed by atoms with van der Waals surface area (Å²) >= 11 is 7.23. The van der Waals surface area contributed by atoms with Crippen molar-refractivity contribution in [1.82, 2.24) is 4.57 Å². The molecule has 146 valence electrons. The average Bonchev–Trinajstić information content (AvgIpc) is 2.97. The maximum atomic E-state index is 12.8. The van der Waals surface area contributed by atoms with Crippen LogP contribution in [0, 0.1) is 0 Å². The Morgan fingerprint density at radius 2 is 2.07 bits per heavy atom. The zero-order valence-corrected chi connectivity index (χ0v) is 17.6. The molecule has 0 saturated heterocycles. The molecule has 0 saturated carbocycles. The first-order chi connectivity index (χ1) is 13.2. The highest BCUT2D eigenvalue weighted by molar-refractivity contribution is 7.90. The summed E-state index contributed by atoms with van der Waals surface area (Å²) in [5.74, 6) is -0.138. The highest BCUT2D eigenvalue weighted by Crippen LogP contribution is 2.24. The number of sulfone groups is 1. The number of aromatic nitrogens is 1. The van der Waals surface area contributed by atoms with Gasteiger partial charge in [-0.3, -0.25) is 4.79 Å². The van der Waals surface area contributed by atoms with Crippen LogP contribution >= 0.6 is 22.9 Å². The second-order valence-corrected chi connectivity index (χ2v) is 9.41. The van der Waals surface area contributed by atoms with Crippen LogP contribution in [0.15, 0.2) is 58.9 Å². The van der Waals surface area contributed by atoms with Gasteiger partial charge in [0, 0.05) is 17.8 Å². The molecule has 9 heteroatoms. The van der Waals surface area contributed by atoms with E-state index in [2.05, 4.69) is 11.6 Å². The lowest BCUT2D eigenvalue weighted by atomic mass is 10.2. The van der Waals surface area contributed by atoms with Gasteiger partial charge >= 0.3 is 0 Å². The second kappa shape index (κ2) is 7.90. The predicted octanol–water partition coefficient (Wildman–Crippen LogP) is 3.70. The quantitative estimate of drug-likeness (QED) is 0.571. The van der Waals surface area contributed by atoms with Gasteiger partial charge in [-0.25, -0.2) is 8.42 Å². The van der Waals surface area contributed by atoms with E-state index in [0.29, 0.717) is 26.8 Å². The van der Waals surface area contributed by atoms with Crippen molar-refractivity contribution < 1.29 is 17.9 Å². The van der Waals surface area contributed by atoms with E-state index in [9.17, 15) is 13.2 Å². The number of rotatable bonds is 5. The van der Waals surface area contributed by atoms with Crippen LogP contribution in [-0.4, -0.2) is 32.3 Å². The molecule has 0 N–H and O–H groups in total. The Bertz CT molecular complexity index is 1260. The largest absolute Gasteiger partial charge is 0.496 e. The number of halogens is 1. The monoisotopic (exact) mass is 436 g/mol. The van der Waals surface area contributed by atoms with Gasteiger partial charge in [0.25, 0.3) is 5.91 Å². The van der Waals surface area contributed by atoms with Crippen molar-refractivity contribution in [3.8, 4) is 5.75 Å². The molecule has 2 aromatic carbocycles. The van der Waals surface area contributed by atoms with Crippen LogP contribution in [0.5, 0.6) is 5.75 Å². The topological polar surface area (TPSA) is 77.7 Å². The molecule has 0 aliphatic heterocycles. The molecule has 0 aliphatic rings. The van der Waals surface area contributed by atoms with Crippen LogP contribution < -0.4 is 9.54 Å². The molecule has 3 aromatic rings. The van der Waals surface area contributed by atoms with E-state index in [4.69, 9.17) is 16.3 Å². The van der Waals surface area contributed by atoms with Crippen molar-refractivity contribution in [2.75, 3.05) is 13.4 Å². The number of allylic oxidation sites excluding steroid dienone is 1. The van der Waals surface area contributed by atoms with Crippen LogP contribution in [0.25, 0.3) is 10.2 Å². The molecule has 28 heavy (non-hydrogen) atoms. The van der Waals surface area contributed by atoms with Crippen molar-refractivity contribution in [3.05, 3.63) is 64.4 Å². The Morgan fingerprint density at radius 1 is 1.32 bits per heavy atom. The van der Waals surface area contributed by atoms with Gasteiger partial charge in [-0.15, -0.1) is 6.58 Å². The standard InChI is InChI=1S/C19H17ClN2O4S2/c1-4-9-22-15-7-6-13(28(3,24)25)11-17(15)27-19(22)21-18(23)14-10-12(20)5-8-16(14)26-2/h4-8,10-11H,1,9H2,2-3H3. The zero-order valence-electron chi connectivity index (χ0n) is 15.2. The van der Waals surface area contributed by atoms with Crippen LogP contribution in [-0.2, 0) is 16.4 Å². The molecule has 1 aromatic heterocycles. The van der Waals surface area contributed by atoms with Crippen LogP contribution in [0.2, 0.25) is 5.02 Å². The molecular formula is C19H17ClN2O4S2. The first-order valence-corrected chi connectivity index (χ1v) is 11.2. The van der Waals surface area contributed by atoms with Crippen molar-refractivity contribution in [2.45, 2.75) is 11.4 Å². The number of amides is 1. The van der Waals surface area contributed by atoms with Gasteiger partial charge in [0.2, 0.25) is 0 Å². The Balaban J connectivity index is 2.21. The fourth-order valence-corrected chi connectivity index (χ4v) is 4.64. The zero-order chi connectivity index (χ0) is 20.5. The fourth-order valence-electron chi connectivity index (χ4n) is 2.67. The van der Waals surface area contributed by atoms with Gasteiger partial charge in [0.1, 0.15) is 5.75 Å². The van der Waals surface area contributed by atoms with E-state index in [0.717, 1.165) is 11.8 Å². The Labute approximate surface area is 171 Å². The number of hydrogen-bond donors (Lipinski definition) is 0. The van der Waals surface area contributed by atoms with Crippen molar-refractivity contribution in [1.29, 1.82) is 0 Å². The molecular weight excluding hydrogens is 420 g/mol. The summed E-state index contributed by atoms with van der Waals surface area (Å²) in [5.41, 5.74) is 1.01. The summed E-state index contributed by atoms with van der Waals surface area (Å²) in [6.07, 6.45) is 2.83. The van der Waals surface area contributed by atoms with Crippen molar-refractivity contribution >= 4 is 48.9 Å². The molecule has 0 radical (unpaired) electrons. The number of carbonyl (C=O) groups excluding carboxylic acids is 1. The molecule has 0 fully saturated rings. The van der Waals surface area contributed by atoms with Crippen LogP contribution in [0.1, 0.15) is 10.4 Å². The molecule has 1 amide bonds. The van der Waals surface area contributed by atoms with Crippen LogP contribution in [0.3, 0.4) is 0 Å². The maximum absolute atomic E-state index is 12.8. The third kappa shape index (κ3) is 4.04. The van der Waals surface area contributed by atoms with E-state index in [-0.39, 0.29) is 10.5 Å². The highest BCUT2D eigenvalue weighted by atomic mass is 35.5. The van der Waals surface area contributed by atoms with E-state index in [1.807, 2.05) is 0 Å². The highest BCUT2D eigenvalue weighted by Gasteiger charge is 2.15. The molecule has 0 atom stereocenters. The van der Waals surface area contributed by atoms with Crippen LogP contribution in [0.4, 0.5) is 0 Å². The number of thiazole rings is 1. The smallest absolute Gasteiger partial charge is 0.283 e. The summed E-state index contributed by atoms with van der Waals surface area (Å²) < 4.78 is 31.4. The first kappa shape index (κ1) is 20.3. The summed E-state index contributed by atoms with van der Waals surface area (Å²) in [6.45, 7) is 4.15. The fraction of sp³-hybridized carbons (Fsp3) is 0.158. The molecule has 0 unspecified atom stereocenters. The third-order valence-electron chi connectivity index (χ3n) is 3.98. The summed E-state index contributed by atoms with van der Waals surface area (Å²) in [5, 5.41) is 0.396. The van der Waals surface area contributed by atoms with Gasteiger partial charge in [0.05, 0.1) is 27.8 Å². The van der Waals surface area contributed by atoms with Gasteiger partial charge < -0.3 is 9.30 Å². The number of hydrogen-bond acceptors (Lipinski definition) is 5. The Hall–Kier alpha value is -2.42.